The summed E-state index contributed by atoms with van der Waals surface area (Å²) in [7, 11) is 0. The quantitative estimate of drug-likeness (QED) is 0.613. The van der Waals surface area contributed by atoms with Gasteiger partial charge in [-0.25, -0.2) is 5.43 Å². The van der Waals surface area contributed by atoms with E-state index in [0.29, 0.717) is 17.9 Å². The van der Waals surface area contributed by atoms with Crippen LogP contribution in [0.1, 0.15) is 55.3 Å². The van der Waals surface area contributed by atoms with Crippen molar-refractivity contribution in [2.24, 2.45) is 17.8 Å². The molecule has 2 aromatic carbocycles. The van der Waals surface area contributed by atoms with Crippen LogP contribution in [0, 0.1) is 17.8 Å². The van der Waals surface area contributed by atoms with Gasteiger partial charge in [0, 0.05) is 30.7 Å². The van der Waals surface area contributed by atoms with Crippen LogP contribution in [0.15, 0.2) is 54.6 Å². The van der Waals surface area contributed by atoms with Crippen LogP contribution in [0.25, 0.3) is 0 Å². The minimum absolute atomic E-state index is 0.0861. The van der Waals surface area contributed by atoms with E-state index in [1.165, 1.54) is 29.7 Å². The summed E-state index contributed by atoms with van der Waals surface area (Å²) in [5, 5.41) is 3.45. The molecule has 6 rings (SSSR count). The molecule has 2 saturated heterocycles. The van der Waals surface area contributed by atoms with Crippen LogP contribution < -0.4 is 21.1 Å². The number of fused-ring (bicyclic) bond motifs is 1. The maximum absolute atomic E-state index is 13.4. The highest BCUT2D eigenvalue weighted by molar-refractivity contribution is 5.79. The minimum Gasteiger partial charge on any atom is -0.378 e. The fourth-order valence-electron chi connectivity index (χ4n) is 6.17. The predicted molar refractivity (Wildman–Crippen MR) is 133 cm³/mol. The average Bonchev–Trinajstić information content (AvgIpc) is 3.66. The summed E-state index contributed by atoms with van der Waals surface area (Å²) in [5.41, 5.74) is 10.9. The zero-order valence-corrected chi connectivity index (χ0v) is 19.8. The van der Waals surface area contributed by atoms with E-state index in [9.17, 15) is 4.79 Å². The molecule has 0 spiro atoms. The molecular weight excluding hydrogens is 424 g/mol. The van der Waals surface area contributed by atoms with Crippen LogP contribution >= 0.6 is 0 Å². The number of carbonyl (C=O) groups excluding carboxylic acids is 1. The molecule has 1 amide bonds. The number of nitrogens with zero attached hydrogens (tertiary/aromatic N) is 1. The van der Waals surface area contributed by atoms with Gasteiger partial charge in [-0.2, -0.15) is 0 Å². The van der Waals surface area contributed by atoms with Gasteiger partial charge in [-0.1, -0.05) is 42.5 Å². The number of amides is 1. The van der Waals surface area contributed by atoms with Gasteiger partial charge in [-0.15, -0.1) is 0 Å². The molecule has 34 heavy (non-hydrogen) atoms. The summed E-state index contributed by atoms with van der Waals surface area (Å²) in [4.78, 5) is 15.8. The van der Waals surface area contributed by atoms with Crippen molar-refractivity contribution in [2.75, 3.05) is 31.2 Å². The van der Waals surface area contributed by atoms with E-state index in [4.69, 9.17) is 4.74 Å². The van der Waals surface area contributed by atoms with Crippen LogP contribution in [0.4, 0.5) is 5.69 Å². The van der Waals surface area contributed by atoms with E-state index in [2.05, 4.69) is 69.6 Å². The second kappa shape index (κ2) is 9.68. The summed E-state index contributed by atoms with van der Waals surface area (Å²) in [6, 6.07) is 20.3. The van der Waals surface area contributed by atoms with E-state index >= 15 is 0 Å². The first-order chi connectivity index (χ1) is 16.8. The van der Waals surface area contributed by atoms with Gasteiger partial charge in [0.25, 0.3) is 0 Å². The third-order valence-corrected chi connectivity index (χ3v) is 8.30. The highest BCUT2D eigenvalue weighted by atomic mass is 16.5. The highest BCUT2D eigenvalue weighted by Crippen LogP contribution is 2.43. The molecule has 6 heteroatoms. The van der Waals surface area contributed by atoms with Gasteiger partial charge >= 0.3 is 0 Å². The minimum atomic E-state index is 0.0861. The van der Waals surface area contributed by atoms with Crippen molar-refractivity contribution in [3.05, 3.63) is 65.7 Å². The molecule has 0 aromatic heterocycles. The number of carbonyl (C=O) groups is 1. The number of benzene rings is 2. The first-order valence-electron chi connectivity index (χ1n) is 13.1. The smallest absolute Gasteiger partial charge is 0.223 e. The van der Waals surface area contributed by atoms with Crippen molar-refractivity contribution in [2.45, 2.75) is 50.2 Å². The maximum Gasteiger partial charge on any atom is 0.223 e. The summed E-state index contributed by atoms with van der Waals surface area (Å²) in [5.74, 6) is 1.35. The third kappa shape index (κ3) is 4.59. The third-order valence-electron chi connectivity index (χ3n) is 8.30. The standard InChI is InChI=1S/C28H36N4O2/c33-28(29-26(20-6-7-20)19-4-2-1-3-5-19)22-10-13-25-24(18-22)27(31-30-25)21-8-11-23(12-9-21)32-14-16-34-17-15-32/h1-5,8-9,11-12,20,22,24-27,30-31H,6-7,10,13-18H2,(H,29,33). The number of nitrogens with one attached hydrogen (secondary N) is 3. The van der Waals surface area contributed by atoms with Crippen LogP contribution in [0.2, 0.25) is 0 Å². The number of anilines is 1. The fourth-order valence-corrected chi connectivity index (χ4v) is 6.17. The van der Waals surface area contributed by atoms with Gasteiger partial charge in [0.1, 0.15) is 0 Å². The monoisotopic (exact) mass is 460 g/mol. The Labute approximate surface area is 202 Å². The fraction of sp³-hybridized carbons (Fsp3) is 0.536. The summed E-state index contributed by atoms with van der Waals surface area (Å²) >= 11 is 0. The van der Waals surface area contributed by atoms with Gasteiger partial charge < -0.3 is 15.0 Å². The molecule has 2 heterocycles. The maximum atomic E-state index is 13.4. The van der Waals surface area contributed by atoms with Crippen molar-refractivity contribution >= 4 is 11.6 Å². The Morgan fingerprint density at radius 1 is 0.941 bits per heavy atom. The molecule has 0 radical (unpaired) electrons. The van der Waals surface area contributed by atoms with Crippen LogP contribution in [-0.2, 0) is 9.53 Å². The van der Waals surface area contributed by atoms with Crippen molar-refractivity contribution in [3.63, 3.8) is 0 Å². The Kier molecular flexibility index (Phi) is 6.29. The molecule has 180 valence electrons. The number of morpholine rings is 1. The van der Waals surface area contributed by atoms with Crippen molar-refractivity contribution in [3.8, 4) is 0 Å². The lowest BCUT2D eigenvalue weighted by Gasteiger charge is -2.34. The lowest BCUT2D eigenvalue weighted by molar-refractivity contribution is -0.127. The van der Waals surface area contributed by atoms with E-state index in [0.717, 1.165) is 45.6 Å². The highest BCUT2D eigenvalue weighted by Gasteiger charge is 2.43. The van der Waals surface area contributed by atoms with Crippen LogP contribution in [0.5, 0.6) is 0 Å². The Balaban J connectivity index is 1.12. The van der Waals surface area contributed by atoms with Gasteiger partial charge in [0.2, 0.25) is 5.91 Å². The first-order valence-corrected chi connectivity index (χ1v) is 13.1. The summed E-state index contributed by atoms with van der Waals surface area (Å²) in [6.45, 7) is 3.51. The van der Waals surface area contributed by atoms with Gasteiger partial charge in [-0.05, 0) is 67.2 Å². The molecule has 2 saturated carbocycles. The topological polar surface area (TPSA) is 65.6 Å². The van der Waals surface area contributed by atoms with Crippen molar-refractivity contribution < 1.29 is 9.53 Å². The molecule has 5 atom stereocenters. The molecule has 2 aliphatic heterocycles. The van der Waals surface area contributed by atoms with E-state index in [1.807, 2.05) is 6.07 Å². The molecule has 4 aliphatic rings. The van der Waals surface area contributed by atoms with E-state index in [1.54, 1.807) is 0 Å². The Hall–Kier alpha value is -2.41. The van der Waals surface area contributed by atoms with Gasteiger partial charge in [-0.3, -0.25) is 10.2 Å². The second-order valence-corrected chi connectivity index (χ2v) is 10.5. The van der Waals surface area contributed by atoms with E-state index in [-0.39, 0.29) is 23.9 Å². The molecule has 4 fully saturated rings. The summed E-state index contributed by atoms with van der Waals surface area (Å²) in [6.07, 6.45) is 5.35. The number of hydrogen-bond donors (Lipinski definition) is 3. The van der Waals surface area contributed by atoms with Crippen LogP contribution in [-0.4, -0.2) is 38.3 Å². The Morgan fingerprint density at radius 3 is 2.44 bits per heavy atom. The SMILES string of the molecule is O=C(NC(c1ccccc1)C1CC1)C1CCC2NNC(c3ccc(N4CCOCC4)cc3)C2C1. The predicted octanol–water partition coefficient (Wildman–Crippen LogP) is 3.72. The lowest BCUT2D eigenvalue weighted by Crippen LogP contribution is -2.41. The average molecular weight is 461 g/mol. The Bertz CT molecular complexity index is 972. The molecule has 2 aromatic rings. The van der Waals surface area contributed by atoms with Gasteiger partial charge in [0.15, 0.2) is 0 Å². The lowest BCUT2D eigenvalue weighted by atomic mass is 9.74. The molecule has 2 aliphatic carbocycles. The molecule has 5 unspecified atom stereocenters. The zero-order chi connectivity index (χ0) is 22.9. The molecule has 3 N–H and O–H groups in total. The zero-order valence-electron chi connectivity index (χ0n) is 19.8. The molecule has 0 bridgehead atoms. The number of ether oxygens (including phenoxy) is 1. The van der Waals surface area contributed by atoms with E-state index < -0.39 is 0 Å². The molecular formula is C28H36N4O2. The van der Waals surface area contributed by atoms with Crippen molar-refractivity contribution in [1.29, 1.82) is 0 Å². The van der Waals surface area contributed by atoms with Crippen molar-refractivity contribution in [1.82, 2.24) is 16.2 Å². The Morgan fingerprint density at radius 2 is 1.71 bits per heavy atom. The van der Waals surface area contributed by atoms with Gasteiger partial charge in [0.05, 0.1) is 25.3 Å². The normalized spacial score (nSPS) is 29.9. The summed E-state index contributed by atoms with van der Waals surface area (Å²) < 4.78 is 5.49. The first kappa shape index (κ1) is 22.1. The number of hydrogen-bond acceptors (Lipinski definition) is 5. The van der Waals surface area contributed by atoms with Crippen LogP contribution in [0.3, 0.4) is 0 Å². The number of hydrazine groups is 1. The largest absolute Gasteiger partial charge is 0.378 e. The molecule has 6 nitrogen and oxygen atoms in total. The number of rotatable bonds is 6. The second-order valence-electron chi connectivity index (χ2n) is 10.5.